The van der Waals surface area contributed by atoms with Crippen molar-refractivity contribution in [2.24, 2.45) is 0 Å². The third-order valence-electron chi connectivity index (χ3n) is 9.37. The highest BCUT2D eigenvalue weighted by atomic mass is 16.6. The molecule has 0 saturated carbocycles. The van der Waals surface area contributed by atoms with Gasteiger partial charge in [-0.1, -0.05) is 84.9 Å². The number of nitro groups is 1. The zero-order valence-corrected chi connectivity index (χ0v) is 26.2. The van der Waals surface area contributed by atoms with Crippen molar-refractivity contribution in [2.45, 2.75) is 57.3 Å². The molecule has 0 amide bonds. The Labute approximate surface area is 267 Å². The number of nitrogens with zero attached hydrogens (tertiary/aromatic N) is 2. The Morgan fingerprint density at radius 3 is 1.80 bits per heavy atom. The summed E-state index contributed by atoms with van der Waals surface area (Å²) in [6.07, 6.45) is -0.444. The minimum absolute atomic E-state index is 0.0681. The predicted octanol–water partition coefficient (Wildman–Crippen LogP) is 6.83. The molecule has 46 heavy (non-hydrogen) atoms. The number of para-hydroxylation sites is 1. The van der Waals surface area contributed by atoms with E-state index in [4.69, 9.17) is 9.47 Å². The molecule has 0 radical (unpaired) electrons. The van der Waals surface area contributed by atoms with Crippen molar-refractivity contribution in [1.29, 1.82) is 0 Å². The highest BCUT2D eigenvalue weighted by Gasteiger charge is 2.73. The summed E-state index contributed by atoms with van der Waals surface area (Å²) in [7, 11) is 0. The van der Waals surface area contributed by atoms with Crippen LogP contribution in [0.1, 0.15) is 55.5 Å². The van der Waals surface area contributed by atoms with Crippen LogP contribution in [0.2, 0.25) is 0 Å². The molecule has 4 aromatic carbocycles. The summed E-state index contributed by atoms with van der Waals surface area (Å²) in [6, 6.07) is 30.2. The van der Waals surface area contributed by atoms with E-state index in [1.54, 1.807) is 45.9 Å². The molecule has 1 atom stereocenters. The molecule has 1 unspecified atom stereocenters. The first-order valence-corrected chi connectivity index (χ1v) is 15.6. The Kier molecular flexibility index (Phi) is 6.85. The van der Waals surface area contributed by atoms with Gasteiger partial charge >= 0.3 is 11.9 Å². The molecule has 7 rings (SSSR count). The number of carbonyl (C=O) groups excluding carboxylic acids is 2. The topological polar surface area (TPSA) is 99.0 Å². The Hall–Kier alpha value is -5.24. The van der Waals surface area contributed by atoms with Gasteiger partial charge in [0.2, 0.25) is 0 Å². The summed E-state index contributed by atoms with van der Waals surface area (Å²) >= 11 is 0. The number of hydrogen-bond donors (Lipinski definition) is 0. The maximum Gasteiger partial charge on any atom is 0.355 e. The summed E-state index contributed by atoms with van der Waals surface area (Å²) in [4.78, 5) is 43.9. The maximum absolute atomic E-state index is 14.8. The van der Waals surface area contributed by atoms with Gasteiger partial charge in [-0.05, 0) is 73.6 Å². The average molecular weight is 615 g/mol. The van der Waals surface area contributed by atoms with E-state index in [2.05, 4.69) is 0 Å². The summed E-state index contributed by atoms with van der Waals surface area (Å²) < 4.78 is 11.9. The molecular weight excluding hydrogens is 580 g/mol. The van der Waals surface area contributed by atoms with Gasteiger partial charge in [0.25, 0.3) is 5.69 Å². The lowest BCUT2D eigenvalue weighted by Crippen LogP contribution is -2.59. The van der Waals surface area contributed by atoms with Gasteiger partial charge in [0.1, 0.15) is 11.2 Å². The number of hydrogen-bond acceptors (Lipinski definition) is 7. The summed E-state index contributed by atoms with van der Waals surface area (Å²) in [5.41, 5.74) is 2.61. The van der Waals surface area contributed by atoms with E-state index in [0.29, 0.717) is 18.5 Å². The van der Waals surface area contributed by atoms with E-state index in [9.17, 15) is 19.7 Å². The van der Waals surface area contributed by atoms with Crippen LogP contribution in [0, 0.1) is 10.1 Å². The standard InChI is InChI=1S/C38H34N2O6/c1-23(2)45-35(41)33-34(36(42)46-24(3)4)39-22-21-25-13-5-8-16-28(25)38(39,31-19-11-12-20-32(31)40(43)44)37(33)29-17-9-6-14-26(29)27-15-7-10-18-30(27)37/h5-20,23-24H,21-22H2,1-4H3. The normalized spacial score (nSPS) is 18.7. The van der Waals surface area contributed by atoms with Crippen LogP contribution in [0.15, 0.2) is 108 Å². The highest BCUT2D eigenvalue weighted by molar-refractivity contribution is 6.08. The zero-order valence-electron chi connectivity index (χ0n) is 26.2. The molecule has 232 valence electrons. The second-order valence-corrected chi connectivity index (χ2v) is 12.5. The fourth-order valence-electron chi connectivity index (χ4n) is 8.14. The van der Waals surface area contributed by atoms with Crippen molar-refractivity contribution >= 4 is 17.6 Å². The Balaban J connectivity index is 1.78. The molecule has 4 aromatic rings. The van der Waals surface area contributed by atoms with Gasteiger partial charge < -0.3 is 14.4 Å². The third-order valence-corrected chi connectivity index (χ3v) is 9.37. The molecule has 8 nitrogen and oxygen atoms in total. The van der Waals surface area contributed by atoms with Crippen LogP contribution in [0.3, 0.4) is 0 Å². The first kappa shape index (κ1) is 29.5. The molecule has 0 saturated heterocycles. The van der Waals surface area contributed by atoms with E-state index in [1.165, 1.54) is 6.07 Å². The zero-order chi connectivity index (χ0) is 32.4. The average Bonchev–Trinajstić information content (AvgIpc) is 3.50. The van der Waals surface area contributed by atoms with Gasteiger partial charge in [0.05, 0.1) is 33.7 Å². The molecule has 0 N–H and O–H groups in total. The molecule has 2 aliphatic heterocycles. The molecule has 8 heteroatoms. The van der Waals surface area contributed by atoms with Gasteiger partial charge in [-0.2, -0.15) is 0 Å². The second-order valence-electron chi connectivity index (χ2n) is 12.5. The monoisotopic (exact) mass is 614 g/mol. The van der Waals surface area contributed by atoms with Crippen LogP contribution in [-0.2, 0) is 36.4 Å². The number of rotatable bonds is 6. The quantitative estimate of drug-likeness (QED) is 0.133. The van der Waals surface area contributed by atoms with Crippen molar-refractivity contribution in [1.82, 2.24) is 4.90 Å². The van der Waals surface area contributed by atoms with E-state index in [1.807, 2.05) is 77.7 Å². The molecule has 0 fully saturated rings. The number of esters is 2. The molecule has 2 heterocycles. The summed E-state index contributed by atoms with van der Waals surface area (Å²) in [6.45, 7) is 7.36. The first-order chi connectivity index (χ1) is 22.1. The van der Waals surface area contributed by atoms with E-state index in [0.717, 1.165) is 33.4 Å². The molecule has 1 aliphatic carbocycles. The predicted molar refractivity (Wildman–Crippen MR) is 173 cm³/mol. The Bertz CT molecular complexity index is 1910. The molecule has 3 aliphatic rings. The lowest BCUT2D eigenvalue weighted by molar-refractivity contribution is -0.386. The molecular formula is C38H34N2O6. The minimum atomic E-state index is -1.45. The van der Waals surface area contributed by atoms with Gasteiger partial charge in [0.15, 0.2) is 0 Å². The van der Waals surface area contributed by atoms with Crippen molar-refractivity contribution in [3.05, 3.63) is 146 Å². The van der Waals surface area contributed by atoms with Crippen LogP contribution in [0.25, 0.3) is 11.1 Å². The smallest absolute Gasteiger partial charge is 0.355 e. The Morgan fingerprint density at radius 2 is 1.22 bits per heavy atom. The highest BCUT2D eigenvalue weighted by Crippen LogP contribution is 2.71. The fraction of sp³-hybridized carbons (Fsp3) is 0.263. The number of ether oxygens (including phenoxy) is 2. The van der Waals surface area contributed by atoms with Gasteiger partial charge in [-0.15, -0.1) is 0 Å². The lowest BCUT2D eigenvalue weighted by atomic mass is 9.54. The molecule has 1 spiro atoms. The van der Waals surface area contributed by atoms with E-state index in [-0.39, 0.29) is 21.9 Å². The maximum atomic E-state index is 14.8. The summed E-state index contributed by atoms with van der Waals surface area (Å²) in [5, 5.41) is 13.0. The SMILES string of the molecule is CC(C)OC(=O)C1=C(C(=O)OC(C)C)C2(c3ccccc3-c3ccccc32)C2(c3ccccc3[N+](=O)[O-])c3ccccc3CCN12. The molecule has 0 bridgehead atoms. The van der Waals surface area contributed by atoms with E-state index < -0.39 is 35.1 Å². The minimum Gasteiger partial charge on any atom is -0.460 e. The van der Waals surface area contributed by atoms with Gasteiger partial charge in [-0.25, -0.2) is 9.59 Å². The second kappa shape index (κ2) is 10.7. The summed E-state index contributed by atoms with van der Waals surface area (Å²) in [5.74, 6) is -1.34. The number of carbonyl (C=O) groups is 2. The van der Waals surface area contributed by atoms with Crippen LogP contribution < -0.4 is 0 Å². The van der Waals surface area contributed by atoms with Crippen LogP contribution in [0.4, 0.5) is 5.69 Å². The van der Waals surface area contributed by atoms with Gasteiger partial charge in [-0.3, -0.25) is 10.1 Å². The lowest BCUT2D eigenvalue weighted by Gasteiger charge is -2.54. The third kappa shape index (κ3) is 3.79. The van der Waals surface area contributed by atoms with E-state index >= 15 is 0 Å². The molecule has 0 aromatic heterocycles. The van der Waals surface area contributed by atoms with Gasteiger partial charge in [0, 0.05) is 12.6 Å². The fourth-order valence-corrected chi connectivity index (χ4v) is 8.14. The van der Waals surface area contributed by atoms with Crippen LogP contribution >= 0.6 is 0 Å². The number of benzene rings is 4. The van der Waals surface area contributed by atoms with Crippen LogP contribution in [0.5, 0.6) is 0 Å². The van der Waals surface area contributed by atoms with Crippen molar-refractivity contribution in [3.8, 4) is 11.1 Å². The first-order valence-electron chi connectivity index (χ1n) is 15.6. The number of fused-ring (bicyclic) bond motifs is 9. The van der Waals surface area contributed by atoms with Crippen molar-refractivity contribution in [3.63, 3.8) is 0 Å². The Morgan fingerprint density at radius 1 is 0.717 bits per heavy atom. The van der Waals surface area contributed by atoms with Crippen molar-refractivity contribution < 1.29 is 24.0 Å². The van der Waals surface area contributed by atoms with Crippen LogP contribution in [-0.4, -0.2) is 40.5 Å². The largest absolute Gasteiger partial charge is 0.460 e. The van der Waals surface area contributed by atoms with Crippen molar-refractivity contribution in [2.75, 3.05) is 6.54 Å². The number of nitro benzene ring substituents is 1.